The van der Waals surface area contributed by atoms with Crippen LogP contribution in [0.15, 0.2) is 73.1 Å². The number of nitrogens with zero attached hydrogens (tertiary/aromatic N) is 4. The fourth-order valence-corrected chi connectivity index (χ4v) is 4.41. The van der Waals surface area contributed by atoms with Gasteiger partial charge >= 0.3 is 0 Å². The molecule has 7 heteroatoms. The molecule has 4 heterocycles. The van der Waals surface area contributed by atoms with E-state index in [1.54, 1.807) is 0 Å². The van der Waals surface area contributed by atoms with Gasteiger partial charge < -0.3 is 10.3 Å². The van der Waals surface area contributed by atoms with Gasteiger partial charge in [0.15, 0.2) is 11.5 Å². The molecule has 0 bridgehead atoms. The Morgan fingerprint density at radius 2 is 1.77 bits per heavy atom. The van der Waals surface area contributed by atoms with Gasteiger partial charge in [0.25, 0.3) is 0 Å². The molecule has 0 amide bonds. The van der Waals surface area contributed by atoms with Crippen molar-refractivity contribution in [3.63, 3.8) is 0 Å². The van der Waals surface area contributed by atoms with E-state index in [2.05, 4.69) is 75.7 Å². The smallest absolute Gasteiger partial charge is 0.161 e. The zero-order valence-electron chi connectivity index (χ0n) is 19.6. The van der Waals surface area contributed by atoms with Gasteiger partial charge in [0.05, 0.1) is 22.2 Å². The molecular weight excluding hydrogens is 434 g/mol. The van der Waals surface area contributed by atoms with Crippen molar-refractivity contribution in [3.05, 3.63) is 84.2 Å². The Labute approximate surface area is 202 Å². The number of aromatic amines is 2. The van der Waals surface area contributed by atoms with Crippen molar-refractivity contribution in [3.8, 4) is 33.9 Å². The highest BCUT2D eigenvalue weighted by atomic mass is 15.1. The third-order valence-corrected chi connectivity index (χ3v) is 6.14. The van der Waals surface area contributed by atoms with Crippen molar-refractivity contribution in [1.82, 2.24) is 35.5 Å². The molecule has 0 saturated heterocycles. The Morgan fingerprint density at radius 3 is 2.66 bits per heavy atom. The molecule has 6 aromatic rings. The Morgan fingerprint density at radius 1 is 0.857 bits per heavy atom. The van der Waals surface area contributed by atoms with E-state index in [0.29, 0.717) is 11.5 Å². The molecule has 0 aliphatic rings. The van der Waals surface area contributed by atoms with Crippen LogP contribution in [0.5, 0.6) is 0 Å². The number of hydrogen-bond acceptors (Lipinski definition) is 5. The Hall–Kier alpha value is -4.36. The predicted molar refractivity (Wildman–Crippen MR) is 140 cm³/mol. The SMILES string of the molecule is CCNCc1cncc(-c2ccc3[nH]nc(-c4nc5c(-c6cccc(C)c6)cccc5[nH]4)c3n2)c1. The second-order valence-electron chi connectivity index (χ2n) is 8.68. The van der Waals surface area contributed by atoms with Crippen LogP contribution in [0.1, 0.15) is 18.1 Å². The van der Waals surface area contributed by atoms with Crippen molar-refractivity contribution in [2.24, 2.45) is 0 Å². The number of aromatic nitrogens is 6. The molecule has 4 aromatic heterocycles. The van der Waals surface area contributed by atoms with Crippen LogP contribution in [0.4, 0.5) is 0 Å². The molecule has 0 radical (unpaired) electrons. The Kier molecular flexibility index (Phi) is 5.31. The summed E-state index contributed by atoms with van der Waals surface area (Å²) in [4.78, 5) is 17.8. The van der Waals surface area contributed by atoms with E-state index in [1.165, 1.54) is 5.56 Å². The number of benzene rings is 2. The normalized spacial score (nSPS) is 11.5. The standard InChI is InChI=1S/C28H25N7/c1-3-29-14-18-13-20(16-30-15-18)22-10-11-24-26(31-22)27(35-34-24)28-32-23-9-5-8-21(25(23)33-28)19-7-4-6-17(2)12-19/h4-13,15-16,29H,3,14H2,1-2H3,(H,32,33)(H,34,35). The van der Waals surface area contributed by atoms with E-state index < -0.39 is 0 Å². The highest BCUT2D eigenvalue weighted by molar-refractivity contribution is 5.96. The third kappa shape index (κ3) is 3.96. The number of nitrogens with one attached hydrogen (secondary N) is 3. The molecule has 3 N–H and O–H groups in total. The van der Waals surface area contributed by atoms with Crippen LogP contribution in [0, 0.1) is 6.92 Å². The highest BCUT2D eigenvalue weighted by Crippen LogP contribution is 2.32. The van der Waals surface area contributed by atoms with E-state index in [9.17, 15) is 0 Å². The van der Waals surface area contributed by atoms with Crippen molar-refractivity contribution >= 4 is 22.1 Å². The molecule has 7 nitrogen and oxygen atoms in total. The minimum absolute atomic E-state index is 0.690. The first kappa shape index (κ1) is 21.2. The molecular formula is C28H25N7. The number of pyridine rings is 2. The zero-order valence-corrected chi connectivity index (χ0v) is 19.6. The molecule has 6 rings (SSSR count). The largest absolute Gasteiger partial charge is 0.336 e. The maximum absolute atomic E-state index is 4.96. The van der Waals surface area contributed by atoms with Crippen LogP contribution in [0.3, 0.4) is 0 Å². The summed E-state index contributed by atoms with van der Waals surface area (Å²) in [5.74, 6) is 0.690. The van der Waals surface area contributed by atoms with Crippen LogP contribution in [-0.2, 0) is 6.54 Å². The molecule has 0 aliphatic heterocycles. The maximum atomic E-state index is 4.96. The minimum Gasteiger partial charge on any atom is -0.336 e. The lowest BCUT2D eigenvalue weighted by Crippen LogP contribution is -2.11. The van der Waals surface area contributed by atoms with Crippen molar-refractivity contribution in [1.29, 1.82) is 0 Å². The molecule has 172 valence electrons. The van der Waals surface area contributed by atoms with Crippen LogP contribution in [0.25, 0.3) is 56.0 Å². The van der Waals surface area contributed by atoms with Crippen molar-refractivity contribution in [2.75, 3.05) is 6.54 Å². The zero-order chi connectivity index (χ0) is 23.8. The van der Waals surface area contributed by atoms with Gasteiger partial charge in [-0.1, -0.05) is 48.9 Å². The van der Waals surface area contributed by atoms with Gasteiger partial charge in [-0.25, -0.2) is 9.97 Å². The minimum atomic E-state index is 0.690. The topological polar surface area (TPSA) is 95.2 Å². The van der Waals surface area contributed by atoms with Crippen LogP contribution < -0.4 is 5.32 Å². The number of aryl methyl sites for hydroxylation is 1. The van der Waals surface area contributed by atoms with E-state index in [-0.39, 0.29) is 0 Å². The summed E-state index contributed by atoms with van der Waals surface area (Å²) < 4.78 is 0. The lowest BCUT2D eigenvalue weighted by Gasteiger charge is -2.05. The second kappa shape index (κ2) is 8.77. The lowest BCUT2D eigenvalue weighted by atomic mass is 10.0. The summed E-state index contributed by atoms with van der Waals surface area (Å²) in [7, 11) is 0. The molecule has 0 fully saturated rings. The highest BCUT2D eigenvalue weighted by Gasteiger charge is 2.17. The van der Waals surface area contributed by atoms with Gasteiger partial charge in [-0.3, -0.25) is 10.1 Å². The Bertz CT molecular complexity index is 1660. The van der Waals surface area contributed by atoms with Crippen LogP contribution >= 0.6 is 0 Å². The van der Waals surface area contributed by atoms with E-state index in [4.69, 9.17) is 9.97 Å². The molecule has 35 heavy (non-hydrogen) atoms. The van der Waals surface area contributed by atoms with Gasteiger partial charge in [0, 0.05) is 30.1 Å². The van der Waals surface area contributed by atoms with Gasteiger partial charge in [-0.2, -0.15) is 5.10 Å². The average molecular weight is 460 g/mol. The maximum Gasteiger partial charge on any atom is 0.161 e. The van der Waals surface area contributed by atoms with Crippen molar-refractivity contribution < 1.29 is 0 Å². The molecule has 0 atom stereocenters. The first-order chi connectivity index (χ1) is 17.2. The summed E-state index contributed by atoms with van der Waals surface area (Å²) in [6.07, 6.45) is 3.73. The summed E-state index contributed by atoms with van der Waals surface area (Å²) >= 11 is 0. The fourth-order valence-electron chi connectivity index (χ4n) is 4.41. The first-order valence-corrected chi connectivity index (χ1v) is 11.8. The molecule has 0 saturated carbocycles. The van der Waals surface area contributed by atoms with Gasteiger partial charge in [0.2, 0.25) is 0 Å². The van der Waals surface area contributed by atoms with E-state index in [1.807, 2.05) is 36.7 Å². The Balaban J connectivity index is 1.44. The number of H-pyrrole nitrogens is 2. The summed E-state index contributed by atoms with van der Waals surface area (Å²) in [6, 6.07) is 20.8. The summed E-state index contributed by atoms with van der Waals surface area (Å²) in [6.45, 7) is 5.88. The number of hydrogen-bond donors (Lipinski definition) is 3. The van der Waals surface area contributed by atoms with E-state index in [0.717, 1.165) is 63.1 Å². The van der Waals surface area contributed by atoms with Crippen LogP contribution in [0.2, 0.25) is 0 Å². The molecule has 2 aromatic carbocycles. The first-order valence-electron chi connectivity index (χ1n) is 11.8. The molecule has 0 spiro atoms. The fraction of sp³-hybridized carbons (Fsp3) is 0.143. The molecule has 0 unspecified atom stereocenters. The lowest BCUT2D eigenvalue weighted by molar-refractivity contribution is 0.724. The monoisotopic (exact) mass is 459 g/mol. The third-order valence-electron chi connectivity index (χ3n) is 6.14. The summed E-state index contributed by atoms with van der Waals surface area (Å²) in [5.41, 5.74) is 10.6. The molecule has 0 aliphatic carbocycles. The van der Waals surface area contributed by atoms with Crippen LogP contribution in [-0.4, -0.2) is 36.7 Å². The van der Waals surface area contributed by atoms with E-state index >= 15 is 0 Å². The number of fused-ring (bicyclic) bond motifs is 2. The summed E-state index contributed by atoms with van der Waals surface area (Å²) in [5, 5.41) is 11.0. The number of imidazole rings is 1. The average Bonchev–Trinajstić information content (AvgIpc) is 3.51. The number of para-hydroxylation sites is 1. The number of rotatable bonds is 6. The van der Waals surface area contributed by atoms with Gasteiger partial charge in [0.1, 0.15) is 5.52 Å². The van der Waals surface area contributed by atoms with Gasteiger partial charge in [-0.15, -0.1) is 0 Å². The quantitative estimate of drug-likeness (QED) is 0.299. The second-order valence-corrected chi connectivity index (χ2v) is 8.68. The predicted octanol–water partition coefficient (Wildman–Crippen LogP) is 5.65. The van der Waals surface area contributed by atoms with Gasteiger partial charge in [-0.05, 0) is 48.9 Å². The van der Waals surface area contributed by atoms with Crippen molar-refractivity contribution in [2.45, 2.75) is 20.4 Å².